The van der Waals surface area contributed by atoms with Crippen LogP contribution in [0.4, 0.5) is 5.82 Å². The number of nitrogens with zero attached hydrogens (tertiary/aromatic N) is 2. The minimum absolute atomic E-state index is 0.180. The number of hydrogen-bond donors (Lipinski definition) is 1. The first-order valence-electron chi connectivity index (χ1n) is 5.17. The number of ether oxygens (including phenoxy) is 2. The van der Waals surface area contributed by atoms with Crippen LogP contribution < -0.4 is 5.73 Å². The number of carbonyl (C=O) groups is 1. The second kappa shape index (κ2) is 6.12. The van der Waals surface area contributed by atoms with E-state index in [4.69, 9.17) is 15.2 Å². The largest absolute Gasteiger partial charge is 0.461 e. The summed E-state index contributed by atoms with van der Waals surface area (Å²) in [6.07, 6.45) is 2.36. The fourth-order valence-corrected chi connectivity index (χ4v) is 1.31. The summed E-state index contributed by atoms with van der Waals surface area (Å²) < 4.78 is 11.5. The maximum absolute atomic E-state index is 11.4. The van der Waals surface area contributed by atoms with Crippen molar-refractivity contribution in [3.63, 3.8) is 0 Å². The molecule has 1 heterocycles. The van der Waals surface area contributed by atoms with Gasteiger partial charge in [-0.3, -0.25) is 0 Å². The lowest BCUT2D eigenvalue weighted by Gasteiger charge is -2.04. The topological polar surface area (TPSA) is 79.4 Å². The highest BCUT2D eigenvalue weighted by molar-refractivity contribution is 5.92. The van der Waals surface area contributed by atoms with Crippen LogP contribution in [-0.4, -0.2) is 35.8 Å². The summed E-state index contributed by atoms with van der Waals surface area (Å²) >= 11 is 0. The molecule has 0 aliphatic rings. The van der Waals surface area contributed by atoms with E-state index < -0.39 is 5.97 Å². The summed E-state index contributed by atoms with van der Waals surface area (Å²) in [5, 5.41) is 0. The van der Waals surface area contributed by atoms with E-state index in [-0.39, 0.29) is 5.69 Å². The monoisotopic (exact) mass is 227 g/mol. The van der Waals surface area contributed by atoms with E-state index in [1.165, 1.54) is 6.33 Å². The number of methoxy groups -OCH3 is 1. The first-order chi connectivity index (χ1) is 7.70. The van der Waals surface area contributed by atoms with Crippen LogP contribution in [-0.2, 0) is 16.0 Å². The number of rotatable bonds is 6. The highest BCUT2D eigenvalue weighted by atomic mass is 16.5. The van der Waals surface area contributed by atoms with E-state index in [2.05, 4.69) is 4.98 Å². The van der Waals surface area contributed by atoms with Gasteiger partial charge in [0.1, 0.15) is 5.82 Å². The van der Waals surface area contributed by atoms with Gasteiger partial charge in [-0.15, -0.1) is 0 Å². The second-order valence-corrected chi connectivity index (χ2v) is 3.24. The van der Waals surface area contributed by atoms with E-state index in [1.807, 2.05) is 0 Å². The molecule has 0 unspecified atom stereocenters. The van der Waals surface area contributed by atoms with Crippen molar-refractivity contribution in [1.82, 2.24) is 9.55 Å². The van der Waals surface area contributed by atoms with Crippen molar-refractivity contribution in [2.45, 2.75) is 19.9 Å². The van der Waals surface area contributed by atoms with Gasteiger partial charge in [-0.2, -0.15) is 0 Å². The Morgan fingerprint density at radius 3 is 3.00 bits per heavy atom. The minimum Gasteiger partial charge on any atom is -0.461 e. The molecule has 0 fully saturated rings. The fraction of sp³-hybridized carbons (Fsp3) is 0.600. The zero-order valence-corrected chi connectivity index (χ0v) is 9.60. The summed E-state index contributed by atoms with van der Waals surface area (Å²) in [6, 6.07) is 0. The Hall–Kier alpha value is -1.56. The summed E-state index contributed by atoms with van der Waals surface area (Å²) in [5.74, 6) is -0.139. The number of anilines is 1. The molecule has 6 heteroatoms. The van der Waals surface area contributed by atoms with Crippen LogP contribution in [0.2, 0.25) is 0 Å². The molecule has 16 heavy (non-hydrogen) atoms. The lowest BCUT2D eigenvalue weighted by molar-refractivity contribution is 0.0521. The van der Waals surface area contributed by atoms with Crippen LogP contribution in [0, 0.1) is 0 Å². The van der Waals surface area contributed by atoms with Crippen molar-refractivity contribution in [1.29, 1.82) is 0 Å². The van der Waals surface area contributed by atoms with Crippen LogP contribution in [0.25, 0.3) is 0 Å². The van der Waals surface area contributed by atoms with E-state index in [0.29, 0.717) is 25.6 Å². The molecule has 1 rings (SSSR count). The molecule has 2 N–H and O–H groups in total. The average molecular weight is 227 g/mol. The van der Waals surface area contributed by atoms with E-state index in [1.54, 1.807) is 18.6 Å². The Morgan fingerprint density at radius 1 is 1.62 bits per heavy atom. The Balaban J connectivity index is 2.64. The lowest BCUT2D eigenvalue weighted by Crippen LogP contribution is -2.10. The highest BCUT2D eigenvalue weighted by Gasteiger charge is 2.16. The number of esters is 1. The molecule has 0 saturated carbocycles. The zero-order valence-electron chi connectivity index (χ0n) is 9.60. The molecule has 90 valence electrons. The van der Waals surface area contributed by atoms with Gasteiger partial charge in [0, 0.05) is 20.3 Å². The molecular weight excluding hydrogens is 210 g/mol. The normalized spacial score (nSPS) is 10.4. The van der Waals surface area contributed by atoms with Gasteiger partial charge in [-0.25, -0.2) is 9.78 Å². The maximum atomic E-state index is 11.4. The zero-order chi connectivity index (χ0) is 12.0. The predicted molar refractivity (Wildman–Crippen MR) is 59.1 cm³/mol. The highest BCUT2D eigenvalue weighted by Crippen LogP contribution is 2.11. The third-order valence-electron chi connectivity index (χ3n) is 2.09. The van der Waals surface area contributed by atoms with Crippen LogP contribution in [0.1, 0.15) is 23.8 Å². The van der Waals surface area contributed by atoms with Gasteiger partial charge in [0.05, 0.1) is 12.9 Å². The average Bonchev–Trinajstić information content (AvgIpc) is 2.61. The standard InChI is InChI=1S/C10H17N3O3/c1-3-16-10(14)8-9(11)13(7-12-8)5-4-6-15-2/h7H,3-6,11H2,1-2H3. The Labute approximate surface area is 94.4 Å². The van der Waals surface area contributed by atoms with Gasteiger partial charge in [-0.1, -0.05) is 0 Å². The number of imidazole rings is 1. The van der Waals surface area contributed by atoms with Crippen molar-refractivity contribution in [2.75, 3.05) is 26.1 Å². The molecule has 6 nitrogen and oxygen atoms in total. The summed E-state index contributed by atoms with van der Waals surface area (Å²) in [5.41, 5.74) is 5.96. The first-order valence-corrected chi connectivity index (χ1v) is 5.17. The van der Waals surface area contributed by atoms with Crippen molar-refractivity contribution < 1.29 is 14.3 Å². The molecule has 0 aliphatic carbocycles. The van der Waals surface area contributed by atoms with Gasteiger partial charge in [0.25, 0.3) is 0 Å². The van der Waals surface area contributed by atoms with Crippen LogP contribution in [0.3, 0.4) is 0 Å². The second-order valence-electron chi connectivity index (χ2n) is 3.24. The van der Waals surface area contributed by atoms with Crippen LogP contribution >= 0.6 is 0 Å². The minimum atomic E-state index is -0.481. The molecule has 0 amide bonds. The van der Waals surface area contributed by atoms with Gasteiger partial charge in [0.2, 0.25) is 0 Å². The number of nitrogen functional groups attached to an aromatic ring is 1. The quantitative estimate of drug-likeness (QED) is 0.571. The molecule has 0 aromatic carbocycles. The van der Waals surface area contributed by atoms with Crippen LogP contribution in [0.5, 0.6) is 0 Å². The van der Waals surface area contributed by atoms with Crippen molar-refractivity contribution in [2.24, 2.45) is 0 Å². The number of aryl methyl sites for hydroxylation is 1. The van der Waals surface area contributed by atoms with Gasteiger partial charge in [-0.05, 0) is 13.3 Å². The van der Waals surface area contributed by atoms with E-state index >= 15 is 0 Å². The fourth-order valence-electron chi connectivity index (χ4n) is 1.31. The number of nitrogens with two attached hydrogens (primary N) is 1. The SMILES string of the molecule is CCOC(=O)c1ncn(CCCOC)c1N. The van der Waals surface area contributed by atoms with Crippen molar-refractivity contribution in [3.05, 3.63) is 12.0 Å². The molecule has 1 aromatic rings. The van der Waals surface area contributed by atoms with Gasteiger partial charge in [0.15, 0.2) is 5.69 Å². The summed E-state index contributed by atoms with van der Waals surface area (Å²) in [4.78, 5) is 15.3. The molecule has 0 radical (unpaired) electrons. The molecular formula is C10H17N3O3. The van der Waals surface area contributed by atoms with Gasteiger partial charge < -0.3 is 19.8 Å². The molecule has 0 bridgehead atoms. The van der Waals surface area contributed by atoms with Gasteiger partial charge >= 0.3 is 5.97 Å². The van der Waals surface area contributed by atoms with E-state index in [0.717, 1.165) is 6.42 Å². The van der Waals surface area contributed by atoms with E-state index in [9.17, 15) is 4.79 Å². The first kappa shape index (κ1) is 12.5. The molecule has 0 saturated heterocycles. The Bertz CT molecular complexity index is 349. The Morgan fingerprint density at radius 2 is 2.38 bits per heavy atom. The number of carbonyl (C=O) groups excluding carboxylic acids is 1. The summed E-state index contributed by atoms with van der Waals surface area (Å²) in [6.45, 7) is 3.37. The molecule has 1 aromatic heterocycles. The van der Waals surface area contributed by atoms with Crippen molar-refractivity contribution in [3.8, 4) is 0 Å². The molecule has 0 spiro atoms. The van der Waals surface area contributed by atoms with Crippen LogP contribution in [0.15, 0.2) is 6.33 Å². The molecule has 0 atom stereocenters. The third-order valence-corrected chi connectivity index (χ3v) is 2.09. The third kappa shape index (κ3) is 2.96. The number of hydrogen-bond acceptors (Lipinski definition) is 5. The Kier molecular flexibility index (Phi) is 4.78. The maximum Gasteiger partial charge on any atom is 0.360 e. The lowest BCUT2D eigenvalue weighted by atomic mass is 10.4. The smallest absolute Gasteiger partial charge is 0.360 e. The summed E-state index contributed by atoms with van der Waals surface area (Å²) in [7, 11) is 1.64. The van der Waals surface area contributed by atoms with Crippen molar-refractivity contribution >= 4 is 11.8 Å². The molecule has 0 aliphatic heterocycles. The predicted octanol–water partition coefficient (Wildman–Crippen LogP) is 0.678. The number of aromatic nitrogens is 2.